The molecule has 0 amide bonds. The van der Waals surface area contributed by atoms with Gasteiger partial charge in [-0.05, 0) is 13.0 Å². The van der Waals surface area contributed by atoms with Gasteiger partial charge in [-0.2, -0.15) is 8.78 Å². The summed E-state index contributed by atoms with van der Waals surface area (Å²) < 4.78 is 52.0. The van der Waals surface area contributed by atoms with E-state index in [4.69, 9.17) is 9.47 Å². The summed E-state index contributed by atoms with van der Waals surface area (Å²) in [6.45, 7) is 2.34. The minimum atomic E-state index is -3.10. The molecule has 0 bridgehead atoms. The zero-order valence-electron chi connectivity index (χ0n) is 11.1. The molecule has 0 saturated carbocycles. The summed E-state index contributed by atoms with van der Waals surface area (Å²) in [5.74, 6) is -3.48. The van der Waals surface area contributed by atoms with Gasteiger partial charge in [0.25, 0.3) is 0 Å². The molecule has 0 spiro atoms. The largest absolute Gasteiger partial charge is 0.469 e. The van der Waals surface area contributed by atoms with E-state index in [0.29, 0.717) is 0 Å². The zero-order chi connectivity index (χ0) is 14.5. The Labute approximate surface area is 114 Å². The summed E-state index contributed by atoms with van der Waals surface area (Å²) in [6.07, 6.45) is -2.46. The first-order valence-corrected chi connectivity index (χ1v) is 6.32. The molecule has 0 unspecified atom stereocenters. The molecule has 6 heteroatoms. The maximum Gasteiger partial charge on any atom is 0.309 e. The Morgan fingerprint density at radius 1 is 1.25 bits per heavy atom. The Hall–Kier alpha value is -1.56. The molecular weight excluding hydrogens is 271 g/mol. The van der Waals surface area contributed by atoms with E-state index < -0.39 is 36.1 Å². The molecule has 0 N–H and O–H groups in total. The Morgan fingerprint density at radius 3 is 2.65 bits per heavy atom. The van der Waals surface area contributed by atoms with Crippen molar-refractivity contribution in [1.29, 1.82) is 0 Å². The van der Waals surface area contributed by atoms with Gasteiger partial charge in [0.15, 0.2) is 12.0 Å². The third-order valence-electron chi connectivity index (χ3n) is 3.81. The molecule has 2 aliphatic rings. The minimum absolute atomic E-state index is 0.113. The number of alkyl halides is 2. The fraction of sp³-hybridized carbons (Fsp3) is 0.500. The molecule has 108 valence electrons. The predicted molar refractivity (Wildman–Crippen MR) is 66.4 cm³/mol. The van der Waals surface area contributed by atoms with Crippen LogP contribution in [-0.2, 0) is 15.0 Å². The van der Waals surface area contributed by atoms with Crippen molar-refractivity contribution >= 4 is 5.90 Å². The second-order valence-corrected chi connectivity index (χ2v) is 5.29. The van der Waals surface area contributed by atoms with Crippen molar-refractivity contribution in [2.75, 3.05) is 6.61 Å². The van der Waals surface area contributed by atoms with Crippen molar-refractivity contribution in [2.45, 2.75) is 37.5 Å². The second kappa shape index (κ2) is 4.22. The first-order chi connectivity index (χ1) is 9.34. The third-order valence-corrected chi connectivity index (χ3v) is 3.81. The van der Waals surface area contributed by atoms with Crippen molar-refractivity contribution in [3.05, 3.63) is 35.6 Å². The maximum absolute atomic E-state index is 14.0. The lowest BCUT2D eigenvalue weighted by Crippen LogP contribution is -2.52. The van der Waals surface area contributed by atoms with Crippen LogP contribution in [0.15, 0.2) is 29.3 Å². The Morgan fingerprint density at radius 2 is 1.95 bits per heavy atom. The number of nitrogens with zero attached hydrogens (tertiary/aromatic N) is 1. The molecule has 0 aromatic heterocycles. The quantitative estimate of drug-likeness (QED) is 0.794. The molecular formula is C14H14F3NO2. The molecule has 1 fully saturated rings. The van der Waals surface area contributed by atoms with Gasteiger partial charge < -0.3 is 9.47 Å². The molecule has 2 aliphatic heterocycles. The standard InChI is InChI=1S/C14H14F3NO2/c1-8-18-13(2,9-5-3-4-6-10(9)15)11-12(20-8)14(16,17)7-19-11/h3-6,11-12H,7H2,1-2H3/t11-,12-,13+/m0/s1. The molecule has 3 atom stereocenters. The van der Waals surface area contributed by atoms with E-state index in [2.05, 4.69) is 4.99 Å². The van der Waals surface area contributed by atoms with Crippen LogP contribution < -0.4 is 0 Å². The predicted octanol–water partition coefficient (Wildman–Crippen LogP) is 2.89. The third kappa shape index (κ3) is 1.82. The van der Waals surface area contributed by atoms with Crippen LogP contribution in [0.3, 0.4) is 0 Å². The smallest absolute Gasteiger partial charge is 0.309 e. The van der Waals surface area contributed by atoms with Crippen LogP contribution in [0.4, 0.5) is 13.2 Å². The van der Waals surface area contributed by atoms with Crippen LogP contribution in [0, 0.1) is 5.82 Å². The highest BCUT2D eigenvalue weighted by Gasteiger charge is 2.62. The van der Waals surface area contributed by atoms with Crippen molar-refractivity contribution in [2.24, 2.45) is 4.99 Å². The number of rotatable bonds is 1. The summed E-state index contributed by atoms with van der Waals surface area (Å²) in [6, 6.07) is 6.00. The topological polar surface area (TPSA) is 30.8 Å². The lowest BCUT2D eigenvalue weighted by Gasteiger charge is -2.39. The minimum Gasteiger partial charge on any atom is -0.469 e. The van der Waals surface area contributed by atoms with Crippen molar-refractivity contribution in [3.8, 4) is 0 Å². The van der Waals surface area contributed by atoms with Crippen molar-refractivity contribution in [1.82, 2.24) is 0 Å². The second-order valence-electron chi connectivity index (χ2n) is 5.29. The molecule has 1 aromatic carbocycles. The first kappa shape index (κ1) is 13.4. The average Bonchev–Trinajstić information content (AvgIpc) is 2.66. The van der Waals surface area contributed by atoms with E-state index in [1.807, 2.05) is 0 Å². The molecule has 3 nitrogen and oxygen atoms in total. The lowest BCUT2D eigenvalue weighted by atomic mass is 9.82. The van der Waals surface area contributed by atoms with Gasteiger partial charge in [0, 0.05) is 12.5 Å². The lowest BCUT2D eigenvalue weighted by molar-refractivity contribution is -0.0871. The van der Waals surface area contributed by atoms with Gasteiger partial charge >= 0.3 is 5.92 Å². The number of ether oxygens (including phenoxy) is 2. The SMILES string of the molecule is CC1=N[C@](C)(c2ccccc2F)[C@H]2OCC(F)(F)[C@H]2O1. The van der Waals surface area contributed by atoms with Crippen molar-refractivity contribution < 1.29 is 22.6 Å². The van der Waals surface area contributed by atoms with Gasteiger partial charge in [-0.1, -0.05) is 18.2 Å². The van der Waals surface area contributed by atoms with E-state index in [-0.39, 0.29) is 11.5 Å². The van der Waals surface area contributed by atoms with Crippen LogP contribution in [0.25, 0.3) is 0 Å². The Kier molecular flexibility index (Phi) is 2.83. The number of benzene rings is 1. The van der Waals surface area contributed by atoms with Crippen molar-refractivity contribution in [3.63, 3.8) is 0 Å². The summed E-state index contributed by atoms with van der Waals surface area (Å²) in [4.78, 5) is 4.25. The number of fused-ring (bicyclic) bond motifs is 1. The normalized spacial score (nSPS) is 35.1. The van der Waals surface area contributed by atoms with Crippen LogP contribution in [0.1, 0.15) is 19.4 Å². The van der Waals surface area contributed by atoms with E-state index in [1.54, 1.807) is 19.1 Å². The molecule has 1 saturated heterocycles. The van der Waals surface area contributed by atoms with Crippen LogP contribution in [0.5, 0.6) is 0 Å². The average molecular weight is 285 g/mol. The molecule has 20 heavy (non-hydrogen) atoms. The van der Waals surface area contributed by atoms with E-state index in [0.717, 1.165) is 0 Å². The summed E-state index contributed by atoms with van der Waals surface area (Å²) in [5, 5.41) is 0. The van der Waals surface area contributed by atoms with Crippen LogP contribution in [-0.4, -0.2) is 30.6 Å². The highest BCUT2D eigenvalue weighted by molar-refractivity contribution is 5.75. The Bertz CT molecular complexity index is 575. The number of hydrogen-bond acceptors (Lipinski definition) is 3. The molecule has 0 radical (unpaired) electrons. The van der Waals surface area contributed by atoms with Crippen LogP contribution in [0.2, 0.25) is 0 Å². The molecule has 1 aromatic rings. The molecule has 2 heterocycles. The van der Waals surface area contributed by atoms with E-state index in [1.165, 1.54) is 19.1 Å². The van der Waals surface area contributed by atoms with Gasteiger partial charge in [0.1, 0.15) is 24.1 Å². The molecule has 3 rings (SSSR count). The first-order valence-electron chi connectivity index (χ1n) is 6.32. The van der Waals surface area contributed by atoms with Gasteiger partial charge in [-0.3, -0.25) is 0 Å². The summed E-state index contributed by atoms with van der Waals surface area (Å²) in [7, 11) is 0. The van der Waals surface area contributed by atoms with Crippen LogP contribution >= 0.6 is 0 Å². The summed E-state index contributed by atoms with van der Waals surface area (Å²) >= 11 is 0. The maximum atomic E-state index is 14.0. The molecule has 0 aliphatic carbocycles. The summed E-state index contributed by atoms with van der Waals surface area (Å²) in [5.41, 5.74) is -0.992. The van der Waals surface area contributed by atoms with Gasteiger partial charge in [0.2, 0.25) is 0 Å². The monoisotopic (exact) mass is 285 g/mol. The number of hydrogen-bond donors (Lipinski definition) is 0. The fourth-order valence-corrected chi connectivity index (χ4v) is 2.88. The Balaban J connectivity index is 2.12. The van der Waals surface area contributed by atoms with Gasteiger partial charge in [-0.15, -0.1) is 0 Å². The zero-order valence-corrected chi connectivity index (χ0v) is 11.1. The highest BCUT2D eigenvalue weighted by Crippen LogP contribution is 2.46. The van der Waals surface area contributed by atoms with E-state index >= 15 is 0 Å². The van der Waals surface area contributed by atoms with E-state index in [9.17, 15) is 13.2 Å². The highest BCUT2D eigenvalue weighted by atomic mass is 19.3. The van der Waals surface area contributed by atoms with Gasteiger partial charge in [-0.25, -0.2) is 9.38 Å². The van der Waals surface area contributed by atoms with Gasteiger partial charge in [0.05, 0.1) is 0 Å². The number of halogens is 3. The fourth-order valence-electron chi connectivity index (χ4n) is 2.88. The number of aliphatic imine (C=N–C) groups is 1.